The average molecular weight is 129 g/mol. The summed E-state index contributed by atoms with van der Waals surface area (Å²) in [5.74, 6) is 0. The van der Waals surface area contributed by atoms with Crippen LogP contribution in [-0.2, 0) is 17.1 Å². The van der Waals surface area contributed by atoms with Crippen LogP contribution < -0.4 is 0 Å². The van der Waals surface area contributed by atoms with Gasteiger partial charge in [-0.2, -0.15) is 0 Å². The largest absolute Gasteiger partial charge is 2.00 e. The Bertz CT molecular complexity index is 13.5. The van der Waals surface area contributed by atoms with Gasteiger partial charge in [-0.15, -0.1) is 0 Å². The van der Waals surface area contributed by atoms with E-state index in [1.807, 2.05) is 0 Å². The predicted octanol–water partition coefficient (Wildman–Crippen LogP) is -2.17. The summed E-state index contributed by atoms with van der Waals surface area (Å²) < 4.78 is 0. The minimum Gasteiger partial charge on any atom is -1.00 e. The summed E-state index contributed by atoms with van der Waals surface area (Å²) in [6, 6.07) is 0. The summed E-state index contributed by atoms with van der Waals surface area (Å²) in [5, 5.41) is 0. The first-order valence-electron chi connectivity index (χ1n) is 0. The first kappa shape index (κ1) is 41.7. The van der Waals surface area contributed by atoms with Crippen molar-refractivity contribution in [1.29, 1.82) is 0 Å². The molecule has 0 saturated carbocycles. The molecular weight excluding hydrogens is 122 g/mol. The van der Waals surface area contributed by atoms with E-state index >= 15 is 0 Å². The number of rotatable bonds is 0. The van der Waals surface area contributed by atoms with Crippen molar-refractivity contribution in [2.45, 2.75) is 0 Å². The van der Waals surface area contributed by atoms with E-state index in [9.17, 15) is 0 Å². The minimum atomic E-state index is 0. The van der Waals surface area contributed by atoms with Gasteiger partial charge in [0.15, 0.2) is 17.4 Å². The smallest absolute Gasteiger partial charge is 1.00 e. The van der Waals surface area contributed by atoms with Crippen LogP contribution in [0.15, 0.2) is 0 Å². The van der Waals surface area contributed by atoms with Gasteiger partial charge in [-0.3, -0.25) is 0 Å². The third-order valence-electron chi connectivity index (χ3n) is 0. The molecule has 0 aromatic heterocycles. The molecule has 0 rings (SSSR count). The Morgan fingerprint density at radius 3 is 1.25 bits per heavy atom. The molecule has 0 aromatic rings. The minimum absolute atomic E-state index is 0. The van der Waals surface area contributed by atoms with Crippen LogP contribution in [0.5, 0.6) is 0 Å². The van der Waals surface area contributed by atoms with Gasteiger partial charge in [-0.05, 0) is 0 Å². The van der Waals surface area contributed by atoms with Gasteiger partial charge in [0, 0.05) is 17.1 Å². The molecule has 0 fully saturated rings. The van der Waals surface area contributed by atoms with Gasteiger partial charge in [0.25, 0.3) is 0 Å². The Labute approximate surface area is 65.6 Å². The summed E-state index contributed by atoms with van der Waals surface area (Å²) in [7, 11) is 0. The fourth-order valence-electron chi connectivity index (χ4n) is 0. The van der Waals surface area contributed by atoms with E-state index in [1.165, 1.54) is 0 Å². The zero-order chi connectivity index (χ0) is 0. The van der Waals surface area contributed by atoms with E-state index in [0.717, 1.165) is 0 Å². The van der Waals surface area contributed by atoms with Crippen LogP contribution in [0.2, 0.25) is 0 Å². The van der Waals surface area contributed by atoms with E-state index in [2.05, 4.69) is 0 Å². The van der Waals surface area contributed by atoms with Crippen LogP contribution in [0.1, 0.15) is 2.85 Å². The summed E-state index contributed by atoms with van der Waals surface area (Å²) in [5.41, 5.74) is 0. The maximum atomic E-state index is 0. The van der Waals surface area contributed by atoms with E-state index in [-0.39, 0.29) is 65.8 Å². The second-order valence-corrected chi connectivity index (χ2v) is 0. The van der Waals surface area contributed by atoms with Crippen LogP contribution in [0.25, 0.3) is 0 Å². The predicted molar refractivity (Wildman–Crippen MR) is 21.5 cm³/mol. The standard InChI is InChI=1S/Al.Mg.Mn.H2O.5H/h;;;1H2;;;;;/q;+2;;;;;;2*-1. The Balaban J connectivity index is 0. The van der Waals surface area contributed by atoms with Gasteiger partial charge in [0.05, 0.1) is 0 Å². The molecule has 0 aliphatic rings. The Kier molecular flexibility index (Phi) is 225. The van der Waals surface area contributed by atoms with Crippen molar-refractivity contribution in [3.05, 3.63) is 0 Å². The quantitative estimate of drug-likeness (QED) is 0.334. The molecule has 25 valence electrons. The maximum absolute atomic E-state index is 0. The van der Waals surface area contributed by atoms with Gasteiger partial charge in [0.2, 0.25) is 0 Å². The van der Waals surface area contributed by atoms with Crippen LogP contribution in [0.3, 0.4) is 0 Å². The summed E-state index contributed by atoms with van der Waals surface area (Å²) in [4.78, 5) is 0. The second kappa shape index (κ2) is 21.6. The molecule has 0 heterocycles. The van der Waals surface area contributed by atoms with Crippen molar-refractivity contribution in [2.75, 3.05) is 0 Å². The first-order chi connectivity index (χ1) is 0. The van der Waals surface area contributed by atoms with Gasteiger partial charge in [-0.1, -0.05) is 0 Å². The van der Waals surface area contributed by atoms with Gasteiger partial charge in [0.1, 0.15) is 0 Å². The monoisotopic (exact) mass is 129 g/mol. The molecule has 0 saturated heterocycles. The topological polar surface area (TPSA) is 31.5 Å². The fourth-order valence-corrected chi connectivity index (χ4v) is 0. The molecule has 0 aliphatic heterocycles. The molecular formula is H7AlMgMnO. The second-order valence-electron chi connectivity index (χ2n) is 0. The van der Waals surface area contributed by atoms with Crippen LogP contribution in [0, 0.1) is 0 Å². The molecule has 2 N–H and O–H groups in total. The van der Waals surface area contributed by atoms with Crippen molar-refractivity contribution in [2.24, 2.45) is 0 Å². The van der Waals surface area contributed by atoms with Crippen LogP contribution in [0.4, 0.5) is 0 Å². The molecule has 4 heteroatoms. The zero-order valence-corrected chi connectivity index (χ0v) is 4.18. The van der Waals surface area contributed by atoms with Crippen molar-refractivity contribution < 1.29 is 25.4 Å². The SMILES string of the molecule is O.[AlH3].[H-].[H-].[Mg+2].[Mn]. The van der Waals surface area contributed by atoms with E-state index in [4.69, 9.17) is 0 Å². The summed E-state index contributed by atoms with van der Waals surface area (Å²) >= 11 is 0. The van der Waals surface area contributed by atoms with Crippen LogP contribution in [-0.4, -0.2) is 45.9 Å². The van der Waals surface area contributed by atoms with E-state index in [1.54, 1.807) is 0 Å². The first-order valence-corrected chi connectivity index (χ1v) is 0. The molecule has 4 heavy (non-hydrogen) atoms. The molecule has 1 nitrogen and oxygen atoms in total. The molecule has 0 spiro atoms. The Hall–Kier alpha value is 1.78. The maximum Gasteiger partial charge on any atom is 2.00 e. The molecule has 1 radical (unpaired) electrons. The fraction of sp³-hybridized carbons (Fsp3) is 0. The molecule has 0 unspecified atom stereocenters. The molecule has 0 bridgehead atoms. The molecule has 0 aliphatic carbocycles. The van der Waals surface area contributed by atoms with Crippen molar-refractivity contribution in [1.82, 2.24) is 0 Å². The molecule has 0 aromatic carbocycles. The molecule has 0 amide bonds. The average Bonchev–Trinajstić information content (AvgIpc) is 0. The normalized spacial score (nSPS) is 0. The van der Waals surface area contributed by atoms with Crippen molar-refractivity contribution in [3.63, 3.8) is 0 Å². The van der Waals surface area contributed by atoms with Gasteiger partial charge < -0.3 is 8.33 Å². The number of hydrogen-bond acceptors (Lipinski definition) is 0. The third-order valence-corrected chi connectivity index (χ3v) is 0. The van der Waals surface area contributed by atoms with Crippen LogP contribution >= 0.6 is 0 Å². The third kappa shape index (κ3) is 9.22. The zero-order valence-electron chi connectivity index (χ0n) is 3.59. The van der Waals surface area contributed by atoms with Gasteiger partial charge >= 0.3 is 23.1 Å². The number of hydrogen-bond donors (Lipinski definition) is 0. The van der Waals surface area contributed by atoms with E-state index in [0.29, 0.717) is 0 Å². The Morgan fingerprint density at radius 2 is 1.25 bits per heavy atom. The Morgan fingerprint density at radius 1 is 1.25 bits per heavy atom. The molecule has 0 atom stereocenters. The van der Waals surface area contributed by atoms with E-state index < -0.39 is 0 Å². The summed E-state index contributed by atoms with van der Waals surface area (Å²) in [6.07, 6.45) is 0. The van der Waals surface area contributed by atoms with Gasteiger partial charge in [-0.25, -0.2) is 0 Å². The van der Waals surface area contributed by atoms with Crippen molar-refractivity contribution >= 4 is 40.4 Å². The summed E-state index contributed by atoms with van der Waals surface area (Å²) in [6.45, 7) is 0. The van der Waals surface area contributed by atoms with Crippen molar-refractivity contribution in [3.8, 4) is 0 Å².